The molecule has 1 aromatic carbocycles. The van der Waals surface area contributed by atoms with Crippen LogP contribution >= 0.6 is 11.8 Å². The highest BCUT2D eigenvalue weighted by atomic mass is 32.2. The van der Waals surface area contributed by atoms with Crippen molar-refractivity contribution in [2.45, 2.75) is 31.0 Å². The van der Waals surface area contributed by atoms with Gasteiger partial charge in [0, 0.05) is 6.04 Å². The van der Waals surface area contributed by atoms with Gasteiger partial charge in [0.15, 0.2) is 16.8 Å². The van der Waals surface area contributed by atoms with Crippen LogP contribution in [-0.2, 0) is 4.79 Å². The first-order valence-electron chi connectivity index (χ1n) is 6.68. The lowest BCUT2D eigenvalue weighted by atomic mass is 9.81. The zero-order valence-electron chi connectivity index (χ0n) is 11.3. The van der Waals surface area contributed by atoms with Gasteiger partial charge in [-0.2, -0.15) is 0 Å². The van der Waals surface area contributed by atoms with E-state index in [4.69, 9.17) is 5.11 Å². The molecule has 0 unspecified atom stereocenters. The molecule has 3 rings (SSSR count). The van der Waals surface area contributed by atoms with Crippen LogP contribution in [0.5, 0.6) is 0 Å². The average molecular weight is 312 g/mol. The number of benzene rings is 1. The Balaban J connectivity index is 2.10. The van der Waals surface area contributed by atoms with E-state index in [9.17, 15) is 13.6 Å². The van der Waals surface area contributed by atoms with E-state index < -0.39 is 17.6 Å². The van der Waals surface area contributed by atoms with Crippen LogP contribution in [-0.4, -0.2) is 26.4 Å². The monoisotopic (exact) mass is 312 g/mol. The molecule has 7 heteroatoms. The third kappa shape index (κ3) is 2.50. The first-order chi connectivity index (χ1) is 9.97. The Morgan fingerprint density at radius 1 is 1.48 bits per heavy atom. The van der Waals surface area contributed by atoms with Gasteiger partial charge in [0.05, 0.1) is 11.3 Å². The summed E-state index contributed by atoms with van der Waals surface area (Å²) in [5, 5.41) is 9.24. The van der Waals surface area contributed by atoms with Crippen molar-refractivity contribution in [2.24, 2.45) is 5.92 Å². The minimum absolute atomic E-state index is 0.0533. The van der Waals surface area contributed by atoms with Crippen LogP contribution in [0.25, 0.3) is 11.0 Å². The van der Waals surface area contributed by atoms with E-state index in [0.717, 1.165) is 30.7 Å². The van der Waals surface area contributed by atoms with E-state index in [2.05, 4.69) is 11.9 Å². The van der Waals surface area contributed by atoms with Crippen molar-refractivity contribution >= 4 is 28.8 Å². The van der Waals surface area contributed by atoms with Gasteiger partial charge in [-0.25, -0.2) is 13.8 Å². The molecule has 0 aliphatic heterocycles. The van der Waals surface area contributed by atoms with Crippen LogP contribution in [0.15, 0.2) is 17.3 Å². The molecule has 0 atom stereocenters. The van der Waals surface area contributed by atoms with E-state index in [1.165, 1.54) is 6.07 Å². The molecule has 1 heterocycles. The number of carboxylic acid groups (broad SMARTS) is 1. The first kappa shape index (κ1) is 14.3. The molecule has 1 aromatic heterocycles. The quantitative estimate of drug-likeness (QED) is 0.878. The van der Waals surface area contributed by atoms with Crippen molar-refractivity contribution < 1.29 is 18.7 Å². The molecule has 1 fully saturated rings. The number of nitrogens with zero attached hydrogens (tertiary/aromatic N) is 2. The van der Waals surface area contributed by atoms with Crippen molar-refractivity contribution in [3.05, 3.63) is 23.8 Å². The number of aromatic nitrogens is 2. The highest BCUT2D eigenvalue weighted by Gasteiger charge is 2.31. The Kier molecular flexibility index (Phi) is 3.61. The molecule has 112 valence electrons. The maximum absolute atomic E-state index is 14.1. The van der Waals surface area contributed by atoms with Gasteiger partial charge in [-0.1, -0.05) is 18.7 Å². The van der Waals surface area contributed by atoms with E-state index in [1.54, 1.807) is 4.57 Å². The fraction of sp³-hybridized carbons (Fsp3) is 0.429. The lowest BCUT2D eigenvalue weighted by Crippen LogP contribution is -2.25. The summed E-state index contributed by atoms with van der Waals surface area (Å²) in [5.74, 6) is -2.42. The highest BCUT2D eigenvalue weighted by molar-refractivity contribution is 7.99. The van der Waals surface area contributed by atoms with Crippen molar-refractivity contribution in [1.29, 1.82) is 0 Å². The summed E-state index contributed by atoms with van der Waals surface area (Å²) < 4.78 is 29.3. The summed E-state index contributed by atoms with van der Waals surface area (Å²) >= 11 is 1.04. The lowest BCUT2D eigenvalue weighted by Gasteiger charge is -2.35. The topological polar surface area (TPSA) is 55.1 Å². The standard InChI is InChI=1S/C14H14F2N2O2S/c1-7-4-8(5-7)18-13-10(3-2-9(15)12(13)16)17-14(18)21-6-11(19)20/h2-3,7-8H,4-6H2,1H3,(H,19,20). The normalized spacial score (nSPS) is 21.5. The number of carboxylic acids is 1. The van der Waals surface area contributed by atoms with Gasteiger partial charge in [-0.3, -0.25) is 4.79 Å². The molecule has 0 amide bonds. The van der Waals surface area contributed by atoms with Crippen LogP contribution in [0.3, 0.4) is 0 Å². The Morgan fingerprint density at radius 3 is 2.81 bits per heavy atom. The molecule has 0 spiro atoms. The van der Waals surface area contributed by atoms with Crippen LogP contribution in [0.1, 0.15) is 25.8 Å². The zero-order chi connectivity index (χ0) is 15.1. The third-order valence-electron chi connectivity index (χ3n) is 3.75. The predicted molar refractivity (Wildman–Crippen MR) is 75.4 cm³/mol. The number of thioether (sulfide) groups is 1. The Morgan fingerprint density at radius 2 is 2.19 bits per heavy atom. The van der Waals surface area contributed by atoms with Crippen molar-refractivity contribution in [3.63, 3.8) is 0 Å². The summed E-state index contributed by atoms with van der Waals surface area (Å²) in [7, 11) is 0. The number of hydrogen-bond donors (Lipinski definition) is 1. The minimum Gasteiger partial charge on any atom is -0.481 e. The third-order valence-corrected chi connectivity index (χ3v) is 4.69. The summed E-state index contributed by atoms with van der Waals surface area (Å²) in [5.41, 5.74) is 0.501. The maximum atomic E-state index is 14.1. The number of fused-ring (bicyclic) bond motifs is 1. The second-order valence-corrected chi connectivity index (χ2v) is 6.35. The maximum Gasteiger partial charge on any atom is 0.313 e. The molecular weight excluding hydrogens is 298 g/mol. The fourth-order valence-corrected chi connectivity index (χ4v) is 3.53. The predicted octanol–water partition coefficient (Wildman–Crippen LogP) is 3.46. The SMILES string of the molecule is CC1CC(n2c(SCC(=O)O)nc3ccc(F)c(F)c32)C1. The van der Waals surface area contributed by atoms with Gasteiger partial charge in [-0.05, 0) is 30.9 Å². The van der Waals surface area contributed by atoms with Gasteiger partial charge in [0.2, 0.25) is 0 Å². The van der Waals surface area contributed by atoms with E-state index in [1.807, 2.05) is 0 Å². The second kappa shape index (κ2) is 5.29. The summed E-state index contributed by atoms with van der Waals surface area (Å²) in [4.78, 5) is 15.0. The first-order valence-corrected chi connectivity index (χ1v) is 7.66. The average Bonchev–Trinajstić information content (AvgIpc) is 2.76. The molecule has 21 heavy (non-hydrogen) atoms. The molecule has 0 saturated heterocycles. The van der Waals surface area contributed by atoms with Crippen molar-refractivity contribution in [1.82, 2.24) is 9.55 Å². The highest BCUT2D eigenvalue weighted by Crippen LogP contribution is 2.42. The number of hydrogen-bond acceptors (Lipinski definition) is 3. The van der Waals surface area contributed by atoms with Crippen molar-refractivity contribution in [3.8, 4) is 0 Å². The van der Waals surface area contributed by atoms with Gasteiger partial charge in [0.25, 0.3) is 0 Å². The van der Waals surface area contributed by atoms with E-state index in [-0.39, 0.29) is 17.3 Å². The van der Waals surface area contributed by atoms with Gasteiger partial charge in [0.1, 0.15) is 5.52 Å². The minimum atomic E-state index is -0.966. The Bertz CT molecular complexity index is 711. The molecule has 0 radical (unpaired) electrons. The molecule has 1 aliphatic carbocycles. The van der Waals surface area contributed by atoms with Crippen LogP contribution in [0.4, 0.5) is 8.78 Å². The van der Waals surface area contributed by atoms with E-state index in [0.29, 0.717) is 16.6 Å². The summed E-state index contributed by atoms with van der Waals surface area (Å²) in [6.07, 6.45) is 1.73. The molecule has 1 saturated carbocycles. The van der Waals surface area contributed by atoms with Gasteiger partial charge < -0.3 is 9.67 Å². The van der Waals surface area contributed by atoms with Gasteiger partial charge >= 0.3 is 5.97 Å². The Labute approximate surface area is 124 Å². The van der Waals surface area contributed by atoms with Crippen LogP contribution < -0.4 is 0 Å². The fourth-order valence-electron chi connectivity index (χ4n) is 2.74. The second-order valence-electron chi connectivity index (χ2n) is 5.41. The molecule has 2 aromatic rings. The smallest absolute Gasteiger partial charge is 0.313 e. The number of rotatable bonds is 4. The van der Waals surface area contributed by atoms with Crippen LogP contribution in [0, 0.1) is 17.6 Å². The number of aliphatic carboxylic acids is 1. The lowest BCUT2D eigenvalue weighted by molar-refractivity contribution is -0.133. The number of halogens is 2. The number of carbonyl (C=O) groups is 1. The largest absolute Gasteiger partial charge is 0.481 e. The van der Waals surface area contributed by atoms with Gasteiger partial charge in [-0.15, -0.1) is 0 Å². The molecule has 1 N–H and O–H groups in total. The molecular formula is C14H14F2N2O2S. The molecule has 4 nitrogen and oxygen atoms in total. The summed E-state index contributed by atoms with van der Waals surface area (Å²) in [6.45, 7) is 2.09. The van der Waals surface area contributed by atoms with Crippen molar-refractivity contribution in [2.75, 3.05) is 5.75 Å². The number of imidazole rings is 1. The van der Waals surface area contributed by atoms with Crippen LogP contribution in [0.2, 0.25) is 0 Å². The zero-order valence-corrected chi connectivity index (χ0v) is 12.2. The molecule has 0 bridgehead atoms. The Hall–Kier alpha value is -1.63. The summed E-state index contributed by atoms with van der Waals surface area (Å²) in [6, 6.07) is 2.53. The van der Waals surface area contributed by atoms with E-state index >= 15 is 0 Å². The molecule has 1 aliphatic rings.